The lowest BCUT2D eigenvalue weighted by atomic mass is 10.0. The van der Waals surface area contributed by atoms with Gasteiger partial charge in [0.15, 0.2) is 10.8 Å². The number of nitrogen functional groups attached to an aromatic ring is 1. The first-order chi connectivity index (χ1) is 13.7. The van der Waals surface area contributed by atoms with Gasteiger partial charge in [-0.15, -0.1) is 23.1 Å². The number of carboxylic acids is 1. The lowest BCUT2D eigenvalue weighted by Crippen LogP contribution is -2.71. The van der Waals surface area contributed by atoms with Crippen molar-refractivity contribution < 1.29 is 29.1 Å². The zero-order valence-corrected chi connectivity index (χ0v) is 16.6. The number of aromatic nitrogens is 1. The average Bonchev–Trinajstić information content (AvgIpc) is 3.10. The van der Waals surface area contributed by atoms with Crippen LogP contribution in [-0.2, 0) is 24.0 Å². The summed E-state index contributed by atoms with van der Waals surface area (Å²) in [7, 11) is 0. The number of oxime groups is 1. The van der Waals surface area contributed by atoms with Crippen molar-refractivity contribution in [2.45, 2.75) is 18.3 Å². The van der Waals surface area contributed by atoms with Crippen molar-refractivity contribution in [1.82, 2.24) is 15.2 Å². The Hall–Kier alpha value is -3.19. The number of aliphatic carboxylic acids is 1. The number of thiazole rings is 1. The van der Waals surface area contributed by atoms with Crippen LogP contribution in [0.5, 0.6) is 0 Å². The van der Waals surface area contributed by atoms with E-state index in [2.05, 4.69) is 26.9 Å². The molecule has 1 fully saturated rings. The van der Waals surface area contributed by atoms with E-state index in [4.69, 9.17) is 5.73 Å². The fourth-order valence-corrected chi connectivity index (χ4v) is 4.61. The Morgan fingerprint density at radius 2 is 2.24 bits per heavy atom. The SMILES string of the molecule is C=CC1=C(C(=O)O)N2C(=O)C(NC(=O)/C(=N\OC(C)=O)c3csc(N)n3)[C@@H]2SC1. The number of nitrogens with two attached hydrogens (primary N) is 1. The van der Waals surface area contributed by atoms with Crippen molar-refractivity contribution in [3.05, 3.63) is 35.0 Å². The number of anilines is 1. The summed E-state index contributed by atoms with van der Waals surface area (Å²) >= 11 is 2.34. The summed E-state index contributed by atoms with van der Waals surface area (Å²) in [5.41, 5.74) is 5.58. The van der Waals surface area contributed by atoms with Gasteiger partial charge in [-0.05, 0) is 5.57 Å². The molecule has 0 saturated carbocycles. The summed E-state index contributed by atoms with van der Waals surface area (Å²) in [6.07, 6.45) is 1.39. The summed E-state index contributed by atoms with van der Waals surface area (Å²) in [6, 6.07) is -0.980. The Kier molecular flexibility index (Phi) is 5.70. The van der Waals surface area contributed by atoms with Gasteiger partial charge in [0, 0.05) is 18.1 Å². The first-order valence-electron chi connectivity index (χ1n) is 8.06. The first-order valence-corrected chi connectivity index (χ1v) is 9.98. The van der Waals surface area contributed by atoms with Gasteiger partial charge < -0.3 is 21.0 Å². The van der Waals surface area contributed by atoms with Crippen LogP contribution in [0.1, 0.15) is 12.6 Å². The van der Waals surface area contributed by atoms with Gasteiger partial charge in [0.1, 0.15) is 22.8 Å². The van der Waals surface area contributed by atoms with Crippen LogP contribution < -0.4 is 11.1 Å². The quantitative estimate of drug-likeness (QED) is 0.239. The van der Waals surface area contributed by atoms with Gasteiger partial charge in [-0.25, -0.2) is 14.6 Å². The summed E-state index contributed by atoms with van der Waals surface area (Å²) in [6.45, 7) is 4.68. The van der Waals surface area contributed by atoms with Crippen molar-refractivity contribution in [1.29, 1.82) is 0 Å². The number of hydrogen-bond acceptors (Lipinski definition) is 10. The predicted octanol–water partition coefficient (Wildman–Crippen LogP) is -0.0829. The monoisotopic (exact) mass is 437 g/mol. The van der Waals surface area contributed by atoms with Crippen molar-refractivity contribution in [3.63, 3.8) is 0 Å². The molecule has 4 N–H and O–H groups in total. The van der Waals surface area contributed by atoms with Crippen LogP contribution in [0, 0.1) is 0 Å². The molecule has 1 unspecified atom stereocenters. The van der Waals surface area contributed by atoms with Gasteiger partial charge in [-0.1, -0.05) is 17.8 Å². The summed E-state index contributed by atoms with van der Waals surface area (Å²) < 4.78 is 0. The number of amides is 2. The molecule has 152 valence electrons. The summed E-state index contributed by atoms with van der Waals surface area (Å²) in [4.78, 5) is 57.4. The van der Waals surface area contributed by atoms with Crippen LogP contribution >= 0.6 is 23.1 Å². The zero-order chi connectivity index (χ0) is 21.3. The van der Waals surface area contributed by atoms with Gasteiger partial charge in [-0.2, -0.15) is 0 Å². The fraction of sp³-hybridized carbons (Fsp3) is 0.250. The van der Waals surface area contributed by atoms with Gasteiger partial charge in [0.25, 0.3) is 11.8 Å². The fourth-order valence-electron chi connectivity index (χ4n) is 2.72. The maximum absolute atomic E-state index is 12.7. The molecule has 2 amide bonds. The third kappa shape index (κ3) is 3.86. The highest BCUT2D eigenvalue weighted by Gasteiger charge is 2.54. The van der Waals surface area contributed by atoms with E-state index in [0.717, 1.165) is 23.2 Å². The minimum Gasteiger partial charge on any atom is -0.477 e. The van der Waals surface area contributed by atoms with Crippen LogP contribution in [0.15, 0.2) is 34.5 Å². The van der Waals surface area contributed by atoms with Gasteiger partial charge >= 0.3 is 11.9 Å². The molecule has 1 saturated heterocycles. The third-order valence-corrected chi connectivity index (χ3v) is 5.95. The van der Waals surface area contributed by atoms with Gasteiger partial charge in [-0.3, -0.25) is 14.5 Å². The second-order valence-electron chi connectivity index (χ2n) is 5.84. The molecule has 0 spiro atoms. The van der Waals surface area contributed by atoms with E-state index in [1.807, 2.05) is 0 Å². The molecule has 0 aromatic carbocycles. The largest absolute Gasteiger partial charge is 0.477 e. The summed E-state index contributed by atoms with van der Waals surface area (Å²) in [5, 5.41) is 16.5. The van der Waals surface area contributed by atoms with Crippen molar-refractivity contribution in [3.8, 4) is 0 Å². The number of nitrogens with one attached hydrogen (secondary N) is 1. The molecular formula is C16H15N5O6S2. The van der Waals surface area contributed by atoms with Crippen LogP contribution in [0.2, 0.25) is 0 Å². The Morgan fingerprint density at radius 3 is 2.79 bits per heavy atom. The highest BCUT2D eigenvalue weighted by Crippen LogP contribution is 2.40. The molecule has 0 bridgehead atoms. The molecular weight excluding hydrogens is 422 g/mol. The second kappa shape index (κ2) is 8.05. The minimum absolute atomic E-state index is 0.0752. The molecule has 13 heteroatoms. The number of carbonyl (C=O) groups is 4. The normalized spacial score (nSPS) is 21.2. The molecule has 29 heavy (non-hydrogen) atoms. The number of hydrogen-bond donors (Lipinski definition) is 3. The number of fused-ring (bicyclic) bond motifs is 1. The summed E-state index contributed by atoms with van der Waals surface area (Å²) in [5.74, 6) is -3.08. The third-order valence-electron chi connectivity index (χ3n) is 3.98. The molecule has 1 aromatic heterocycles. The standard InChI is InChI=1S/C16H15N5O6S2/c1-3-7-4-28-14-10(13(24)21(14)11(7)15(25)26)19-12(23)9(20-27-6(2)22)8-5-29-16(17)18-8/h3,5,10,14H,1,4H2,2H3,(H2,17,18)(H,19,23)(H,25,26)/b20-9-/t10?,14-/m0/s1. The van der Waals surface area contributed by atoms with Crippen LogP contribution in [0.3, 0.4) is 0 Å². The Labute approximate surface area is 172 Å². The van der Waals surface area contributed by atoms with E-state index < -0.39 is 35.2 Å². The molecule has 3 rings (SSSR count). The Balaban J connectivity index is 1.82. The van der Waals surface area contributed by atoms with E-state index in [9.17, 15) is 24.3 Å². The van der Waals surface area contributed by atoms with Gasteiger partial charge in [0.05, 0.1) is 0 Å². The number of β-lactam (4-membered cyclic amide) rings is 1. The molecule has 2 aliphatic rings. The maximum Gasteiger partial charge on any atom is 0.352 e. The zero-order valence-electron chi connectivity index (χ0n) is 14.9. The lowest BCUT2D eigenvalue weighted by Gasteiger charge is -2.49. The average molecular weight is 437 g/mol. The van der Waals surface area contributed by atoms with E-state index in [-0.39, 0.29) is 22.2 Å². The second-order valence-corrected chi connectivity index (χ2v) is 7.83. The first kappa shape index (κ1) is 20.5. The highest BCUT2D eigenvalue weighted by atomic mass is 32.2. The number of carboxylic acid groups (broad SMARTS) is 1. The molecule has 0 radical (unpaired) electrons. The number of thioether (sulfide) groups is 1. The number of nitrogens with zero attached hydrogens (tertiary/aromatic N) is 3. The molecule has 1 aromatic rings. The molecule has 11 nitrogen and oxygen atoms in total. The molecule has 2 atom stereocenters. The smallest absolute Gasteiger partial charge is 0.352 e. The van der Waals surface area contributed by atoms with Crippen molar-refractivity contribution >= 4 is 57.7 Å². The maximum atomic E-state index is 12.7. The number of allylic oxidation sites excluding steroid dienone is 1. The lowest BCUT2D eigenvalue weighted by molar-refractivity contribution is -0.150. The van der Waals surface area contributed by atoms with Crippen LogP contribution in [-0.4, -0.2) is 61.6 Å². The van der Waals surface area contributed by atoms with E-state index in [0.29, 0.717) is 11.3 Å². The van der Waals surface area contributed by atoms with E-state index in [1.54, 1.807) is 0 Å². The van der Waals surface area contributed by atoms with Crippen LogP contribution in [0.25, 0.3) is 0 Å². The Morgan fingerprint density at radius 1 is 1.52 bits per heavy atom. The number of rotatable bonds is 6. The van der Waals surface area contributed by atoms with E-state index in [1.165, 1.54) is 23.2 Å². The highest BCUT2D eigenvalue weighted by molar-refractivity contribution is 8.00. The topological polar surface area (TPSA) is 164 Å². The van der Waals surface area contributed by atoms with Crippen molar-refractivity contribution in [2.75, 3.05) is 11.5 Å². The molecule has 0 aliphatic carbocycles. The Bertz CT molecular complexity index is 984. The van der Waals surface area contributed by atoms with Crippen molar-refractivity contribution in [2.24, 2.45) is 5.16 Å². The van der Waals surface area contributed by atoms with Crippen LogP contribution in [0.4, 0.5) is 5.13 Å². The predicted molar refractivity (Wildman–Crippen MR) is 105 cm³/mol. The molecule has 2 aliphatic heterocycles. The number of carbonyl (C=O) groups excluding carboxylic acids is 3. The van der Waals surface area contributed by atoms with E-state index >= 15 is 0 Å². The minimum atomic E-state index is -1.25. The van der Waals surface area contributed by atoms with Gasteiger partial charge in [0.2, 0.25) is 0 Å². The molecule has 3 heterocycles.